The fourth-order valence-electron chi connectivity index (χ4n) is 3.06. The Bertz CT molecular complexity index is 497. The molecule has 0 bridgehead atoms. The van der Waals surface area contributed by atoms with E-state index in [0.717, 1.165) is 37.5 Å². The van der Waals surface area contributed by atoms with Gasteiger partial charge in [-0.2, -0.15) is 0 Å². The summed E-state index contributed by atoms with van der Waals surface area (Å²) in [7, 11) is 0. The van der Waals surface area contributed by atoms with Crippen molar-refractivity contribution in [1.82, 2.24) is 10.2 Å². The highest BCUT2D eigenvalue weighted by Gasteiger charge is 2.32. The van der Waals surface area contributed by atoms with Crippen molar-refractivity contribution in [3.8, 4) is 0 Å². The molecule has 0 spiro atoms. The molecule has 3 N–H and O–H groups in total. The third-order valence-electron chi connectivity index (χ3n) is 4.66. The van der Waals surface area contributed by atoms with Crippen LogP contribution in [-0.2, 0) is 4.79 Å². The molecule has 0 radical (unpaired) electrons. The molecule has 1 amide bonds. The number of carbonyl (C=O) groups excluding carboxylic acids is 1. The second-order valence-corrected chi connectivity index (χ2v) is 6.44. The minimum atomic E-state index is -0.563. The molecule has 2 fully saturated rings. The summed E-state index contributed by atoms with van der Waals surface area (Å²) in [6.07, 6.45) is 4.80. The lowest BCUT2D eigenvalue weighted by atomic mass is 10.0. The van der Waals surface area contributed by atoms with Gasteiger partial charge in [0.2, 0.25) is 5.91 Å². The summed E-state index contributed by atoms with van der Waals surface area (Å²) in [6, 6.07) is 8.42. The number of benzene rings is 1. The Labute approximate surface area is 151 Å². The van der Waals surface area contributed by atoms with Crippen molar-refractivity contribution in [2.75, 3.05) is 13.1 Å². The topological polar surface area (TPSA) is 58.4 Å². The van der Waals surface area contributed by atoms with E-state index in [-0.39, 0.29) is 36.8 Å². The van der Waals surface area contributed by atoms with Crippen LogP contribution in [0, 0.1) is 6.92 Å². The van der Waals surface area contributed by atoms with Crippen LogP contribution in [0.2, 0.25) is 0 Å². The van der Waals surface area contributed by atoms with E-state index in [1.54, 1.807) is 0 Å². The van der Waals surface area contributed by atoms with Crippen LogP contribution in [0.1, 0.15) is 42.9 Å². The molecule has 130 valence electrons. The van der Waals surface area contributed by atoms with Crippen LogP contribution in [0.4, 0.5) is 0 Å². The molecule has 2 aliphatic rings. The van der Waals surface area contributed by atoms with Gasteiger partial charge in [-0.15, -0.1) is 24.8 Å². The minimum Gasteiger partial charge on any atom is -0.352 e. The van der Waals surface area contributed by atoms with Crippen molar-refractivity contribution in [3.05, 3.63) is 35.4 Å². The fraction of sp³-hybridized carbons (Fsp3) is 0.588. The van der Waals surface area contributed by atoms with Gasteiger partial charge in [0.05, 0.1) is 0 Å². The van der Waals surface area contributed by atoms with Crippen LogP contribution in [0.25, 0.3) is 0 Å². The molecule has 1 unspecified atom stereocenters. The monoisotopic (exact) mass is 359 g/mol. The summed E-state index contributed by atoms with van der Waals surface area (Å²) in [5, 5.41) is 3.12. The number of amides is 1. The van der Waals surface area contributed by atoms with Gasteiger partial charge in [-0.3, -0.25) is 4.79 Å². The lowest BCUT2D eigenvalue weighted by Gasteiger charge is -2.32. The summed E-state index contributed by atoms with van der Waals surface area (Å²) < 4.78 is 0. The van der Waals surface area contributed by atoms with Crippen molar-refractivity contribution < 1.29 is 4.79 Å². The summed E-state index contributed by atoms with van der Waals surface area (Å²) in [4.78, 5) is 14.8. The second kappa shape index (κ2) is 8.88. The molecule has 1 aliphatic carbocycles. The lowest BCUT2D eigenvalue weighted by molar-refractivity contribution is -0.123. The Hall–Kier alpha value is -0.810. The molecule has 0 aromatic heterocycles. The summed E-state index contributed by atoms with van der Waals surface area (Å²) >= 11 is 0. The Kier molecular flexibility index (Phi) is 7.81. The highest BCUT2D eigenvalue weighted by molar-refractivity contribution is 5.85. The first-order valence-corrected chi connectivity index (χ1v) is 8.00. The van der Waals surface area contributed by atoms with Gasteiger partial charge in [-0.05, 0) is 38.2 Å². The van der Waals surface area contributed by atoms with E-state index in [0.29, 0.717) is 0 Å². The summed E-state index contributed by atoms with van der Waals surface area (Å²) in [5.41, 5.74) is 8.13. The van der Waals surface area contributed by atoms with Crippen molar-refractivity contribution in [2.24, 2.45) is 5.73 Å². The molecule has 1 heterocycles. The van der Waals surface area contributed by atoms with Gasteiger partial charge in [0, 0.05) is 25.2 Å². The number of piperidine rings is 1. The molecular formula is C17H27Cl2N3O. The van der Waals surface area contributed by atoms with E-state index in [9.17, 15) is 4.79 Å². The molecule has 1 aromatic carbocycles. The van der Waals surface area contributed by atoms with Crippen LogP contribution in [0.15, 0.2) is 24.3 Å². The molecule has 23 heavy (non-hydrogen) atoms. The van der Waals surface area contributed by atoms with E-state index in [1.165, 1.54) is 18.4 Å². The number of aryl methyl sites for hydroxylation is 1. The fourth-order valence-corrected chi connectivity index (χ4v) is 3.06. The number of halogens is 2. The number of rotatable bonds is 4. The Balaban J connectivity index is 0.00000132. The first kappa shape index (κ1) is 20.2. The zero-order valence-electron chi connectivity index (χ0n) is 13.5. The first-order chi connectivity index (χ1) is 10.1. The number of likely N-dealkylation sites (tertiary alicyclic amines) is 1. The van der Waals surface area contributed by atoms with Gasteiger partial charge in [0.25, 0.3) is 0 Å². The van der Waals surface area contributed by atoms with Crippen molar-refractivity contribution in [1.29, 1.82) is 0 Å². The molecule has 4 nitrogen and oxygen atoms in total. The molecule has 3 rings (SSSR count). The van der Waals surface area contributed by atoms with Crippen molar-refractivity contribution in [2.45, 2.75) is 50.7 Å². The minimum absolute atomic E-state index is 0. The van der Waals surface area contributed by atoms with Crippen LogP contribution >= 0.6 is 24.8 Å². The molecule has 1 atom stereocenters. The molecule has 1 aromatic rings. The lowest BCUT2D eigenvalue weighted by Crippen LogP contribution is -2.47. The van der Waals surface area contributed by atoms with Gasteiger partial charge in [0.1, 0.15) is 6.04 Å². The number of carbonyl (C=O) groups is 1. The molecule has 1 saturated heterocycles. The van der Waals surface area contributed by atoms with Crippen LogP contribution in [0.5, 0.6) is 0 Å². The number of hydrogen-bond donors (Lipinski definition) is 2. The smallest absolute Gasteiger partial charge is 0.241 e. The van der Waals surface area contributed by atoms with Crippen molar-refractivity contribution >= 4 is 30.7 Å². The van der Waals surface area contributed by atoms with Crippen LogP contribution in [0.3, 0.4) is 0 Å². The van der Waals surface area contributed by atoms with Gasteiger partial charge >= 0.3 is 0 Å². The number of nitrogens with two attached hydrogens (primary N) is 1. The number of nitrogens with one attached hydrogen (secondary N) is 1. The maximum atomic E-state index is 12.3. The van der Waals surface area contributed by atoms with E-state index >= 15 is 0 Å². The third kappa shape index (κ3) is 5.35. The van der Waals surface area contributed by atoms with Crippen LogP contribution in [-0.4, -0.2) is 36.0 Å². The van der Waals surface area contributed by atoms with Crippen molar-refractivity contribution in [3.63, 3.8) is 0 Å². The van der Waals surface area contributed by atoms with Gasteiger partial charge in [-0.1, -0.05) is 29.8 Å². The standard InChI is InChI=1S/C17H25N3O.2ClH/c1-12-2-4-13(5-3-12)16(18)17(21)19-14-8-10-20(11-9-14)15-6-7-15;;/h2-5,14-16H,6-11,18H2,1H3,(H,19,21);2*1H. The second-order valence-electron chi connectivity index (χ2n) is 6.44. The Morgan fingerprint density at radius 2 is 1.70 bits per heavy atom. The Morgan fingerprint density at radius 1 is 1.13 bits per heavy atom. The third-order valence-corrected chi connectivity index (χ3v) is 4.66. The van der Waals surface area contributed by atoms with E-state index in [1.807, 2.05) is 31.2 Å². The summed E-state index contributed by atoms with van der Waals surface area (Å²) in [5.74, 6) is -0.0521. The largest absolute Gasteiger partial charge is 0.352 e. The maximum absolute atomic E-state index is 12.3. The number of hydrogen-bond acceptors (Lipinski definition) is 3. The quantitative estimate of drug-likeness (QED) is 0.868. The normalized spacial score (nSPS) is 20.1. The molecule has 1 saturated carbocycles. The van der Waals surface area contributed by atoms with Gasteiger partial charge < -0.3 is 16.0 Å². The first-order valence-electron chi connectivity index (χ1n) is 8.00. The van der Waals surface area contributed by atoms with Crippen LogP contribution < -0.4 is 11.1 Å². The predicted octanol–water partition coefficient (Wildman–Crippen LogP) is 2.58. The van der Waals surface area contributed by atoms with Gasteiger partial charge in [0.15, 0.2) is 0 Å². The zero-order valence-corrected chi connectivity index (χ0v) is 15.2. The molecule has 1 aliphatic heterocycles. The van der Waals surface area contributed by atoms with E-state index in [4.69, 9.17) is 5.73 Å². The molecule has 6 heteroatoms. The van der Waals surface area contributed by atoms with E-state index in [2.05, 4.69) is 10.2 Å². The maximum Gasteiger partial charge on any atom is 0.241 e. The summed E-state index contributed by atoms with van der Waals surface area (Å²) in [6.45, 7) is 4.24. The average Bonchev–Trinajstić information content (AvgIpc) is 3.33. The zero-order chi connectivity index (χ0) is 14.8. The SMILES string of the molecule is Cc1ccc(C(N)C(=O)NC2CCN(C3CC3)CC2)cc1.Cl.Cl. The predicted molar refractivity (Wildman–Crippen MR) is 98.4 cm³/mol. The highest BCUT2D eigenvalue weighted by atomic mass is 35.5. The average molecular weight is 360 g/mol. The van der Waals surface area contributed by atoms with E-state index < -0.39 is 6.04 Å². The highest BCUT2D eigenvalue weighted by Crippen LogP contribution is 2.29. The number of nitrogens with zero attached hydrogens (tertiary/aromatic N) is 1. The van der Waals surface area contributed by atoms with Gasteiger partial charge in [-0.25, -0.2) is 0 Å². The Morgan fingerprint density at radius 3 is 2.22 bits per heavy atom. The molecular weight excluding hydrogens is 333 g/mol.